The van der Waals surface area contributed by atoms with Crippen molar-refractivity contribution in [3.63, 3.8) is 0 Å². The summed E-state index contributed by atoms with van der Waals surface area (Å²) in [6.07, 6.45) is 9.65. The van der Waals surface area contributed by atoms with Crippen LogP contribution in [0.4, 0.5) is 0 Å². The fourth-order valence-corrected chi connectivity index (χ4v) is 6.82. The van der Waals surface area contributed by atoms with Crippen LogP contribution in [0.1, 0.15) is 52.9 Å². The molecule has 0 saturated heterocycles. The number of H-pyrrole nitrogens is 2. The first-order valence-electron chi connectivity index (χ1n) is 16.0. The molecule has 2 aliphatic carbocycles. The van der Waals surface area contributed by atoms with Gasteiger partial charge < -0.3 is 20.0 Å². The maximum Gasteiger partial charge on any atom is 0.120 e. The monoisotopic (exact) mass is 603 g/mol. The first-order chi connectivity index (χ1) is 21.3. The van der Waals surface area contributed by atoms with E-state index in [2.05, 4.69) is 112 Å². The van der Waals surface area contributed by atoms with E-state index < -0.39 is 0 Å². The van der Waals surface area contributed by atoms with E-state index in [4.69, 9.17) is 4.74 Å². The summed E-state index contributed by atoms with van der Waals surface area (Å²) in [5, 5.41) is 6.53. The van der Waals surface area contributed by atoms with Crippen molar-refractivity contribution >= 4 is 34.2 Å². The molecule has 0 spiro atoms. The van der Waals surface area contributed by atoms with E-state index >= 15 is 0 Å². The van der Waals surface area contributed by atoms with Crippen molar-refractivity contribution in [2.45, 2.75) is 64.0 Å². The molecule has 0 fully saturated rings. The first kappa shape index (κ1) is 30.1. The maximum absolute atomic E-state index is 6.07. The van der Waals surface area contributed by atoms with Crippen LogP contribution in [0.5, 0.6) is 5.75 Å². The summed E-state index contributed by atoms with van der Waals surface area (Å²) in [5.41, 5.74) is 11.0. The van der Waals surface area contributed by atoms with E-state index in [1.165, 1.54) is 82.0 Å². The van der Waals surface area contributed by atoms with Crippen LogP contribution in [-0.4, -0.2) is 22.6 Å². The quantitative estimate of drug-likeness (QED) is 0.171. The summed E-state index contributed by atoms with van der Waals surface area (Å²) in [6.45, 7) is 1.63. The molecule has 6 aromatic rings. The van der Waals surface area contributed by atoms with Gasteiger partial charge in [0.05, 0.1) is 0 Å². The van der Waals surface area contributed by atoms with Crippen molar-refractivity contribution in [2.75, 3.05) is 6.54 Å². The largest absolute Gasteiger partial charge is 0.489 e. The molecule has 0 bridgehead atoms. The minimum atomic E-state index is 0. The fraction of sp³-hybridized carbons (Fsp3) is 0.282. The molecule has 1 unspecified atom stereocenters. The Morgan fingerprint density at radius 1 is 0.659 bits per heavy atom. The third-order valence-electron chi connectivity index (χ3n) is 9.10. The Morgan fingerprint density at radius 3 is 2.16 bits per heavy atom. The molecular weight excluding hydrogens is 562 g/mol. The Hall–Kier alpha value is -3.99. The minimum Gasteiger partial charge on any atom is -0.489 e. The number of para-hydroxylation sites is 1. The first-order valence-corrected chi connectivity index (χ1v) is 16.0. The minimum absolute atomic E-state index is 0. The molecule has 226 valence electrons. The number of hydrogen-bond donors (Lipinski definition) is 3. The van der Waals surface area contributed by atoms with Gasteiger partial charge in [0.25, 0.3) is 0 Å². The molecule has 4 nitrogen and oxygen atoms in total. The molecule has 2 heterocycles. The van der Waals surface area contributed by atoms with Gasteiger partial charge in [0.1, 0.15) is 12.4 Å². The number of fused-ring (bicyclic) bond motifs is 6. The molecule has 0 aliphatic heterocycles. The van der Waals surface area contributed by atoms with E-state index in [0.717, 1.165) is 31.6 Å². The summed E-state index contributed by atoms with van der Waals surface area (Å²) in [5.74, 6) is 0.937. The molecule has 3 N–H and O–H groups in total. The Kier molecular flexibility index (Phi) is 9.70. The second-order valence-corrected chi connectivity index (χ2v) is 12.0. The van der Waals surface area contributed by atoms with Crippen LogP contribution in [0.3, 0.4) is 0 Å². The molecule has 0 radical (unpaired) electrons. The lowest BCUT2D eigenvalue weighted by Crippen LogP contribution is -2.35. The highest BCUT2D eigenvalue weighted by molar-refractivity contribution is 5.86. The van der Waals surface area contributed by atoms with Gasteiger partial charge in [-0.05, 0) is 104 Å². The smallest absolute Gasteiger partial charge is 0.120 e. The third kappa shape index (κ3) is 6.88. The fourth-order valence-electron chi connectivity index (χ4n) is 6.82. The molecule has 2 aromatic heterocycles. The van der Waals surface area contributed by atoms with Crippen molar-refractivity contribution in [1.82, 2.24) is 15.3 Å². The zero-order valence-electron chi connectivity index (χ0n) is 25.3. The number of benzene rings is 4. The van der Waals surface area contributed by atoms with Crippen LogP contribution < -0.4 is 10.1 Å². The molecule has 0 amide bonds. The van der Waals surface area contributed by atoms with Crippen LogP contribution in [0, 0.1) is 0 Å². The number of aromatic nitrogens is 2. The predicted octanol–water partition coefficient (Wildman–Crippen LogP) is 8.91. The van der Waals surface area contributed by atoms with Crippen LogP contribution in [0.2, 0.25) is 0 Å². The second-order valence-electron chi connectivity index (χ2n) is 12.0. The van der Waals surface area contributed by atoms with Crippen LogP contribution in [-0.2, 0) is 38.7 Å². The molecule has 2 aliphatic rings. The van der Waals surface area contributed by atoms with Crippen LogP contribution in [0.15, 0.2) is 103 Å². The average molecular weight is 604 g/mol. The topological polar surface area (TPSA) is 52.8 Å². The Bertz CT molecular complexity index is 1790. The third-order valence-corrected chi connectivity index (χ3v) is 9.10. The van der Waals surface area contributed by atoms with Gasteiger partial charge in [0, 0.05) is 39.2 Å². The van der Waals surface area contributed by atoms with Gasteiger partial charge in [-0.25, -0.2) is 0 Å². The van der Waals surface area contributed by atoms with E-state index in [-0.39, 0.29) is 12.4 Å². The Morgan fingerprint density at radius 2 is 1.34 bits per heavy atom. The van der Waals surface area contributed by atoms with E-state index in [9.17, 15) is 0 Å². The van der Waals surface area contributed by atoms with Crippen molar-refractivity contribution in [3.05, 3.63) is 137 Å². The normalized spacial score (nSPS) is 15.5. The average Bonchev–Trinajstić information content (AvgIpc) is 3.63. The Balaban J connectivity index is 0.000000204. The van der Waals surface area contributed by atoms with Crippen molar-refractivity contribution in [3.8, 4) is 5.75 Å². The number of aryl methyl sites for hydroxylation is 3. The van der Waals surface area contributed by atoms with Gasteiger partial charge in [-0.3, -0.25) is 0 Å². The molecular formula is C39H42ClN3O. The highest BCUT2D eigenvalue weighted by atomic mass is 35.5. The number of rotatable bonds is 7. The number of hydrogen-bond acceptors (Lipinski definition) is 2. The molecule has 1 atom stereocenters. The zero-order chi connectivity index (χ0) is 28.8. The van der Waals surface area contributed by atoms with E-state index in [0.29, 0.717) is 12.6 Å². The zero-order valence-corrected chi connectivity index (χ0v) is 26.1. The Labute approximate surface area is 266 Å². The van der Waals surface area contributed by atoms with Crippen LogP contribution >= 0.6 is 12.4 Å². The maximum atomic E-state index is 6.07. The van der Waals surface area contributed by atoms with Gasteiger partial charge in [-0.2, -0.15) is 0 Å². The van der Waals surface area contributed by atoms with Gasteiger partial charge >= 0.3 is 0 Å². The van der Waals surface area contributed by atoms with Gasteiger partial charge in [-0.1, -0.05) is 78.9 Å². The summed E-state index contributed by atoms with van der Waals surface area (Å²) < 4.78 is 6.07. The molecule has 0 saturated carbocycles. The molecule has 44 heavy (non-hydrogen) atoms. The number of nitrogens with one attached hydrogen (secondary N) is 3. The second kappa shape index (κ2) is 14.2. The van der Waals surface area contributed by atoms with E-state index in [1.807, 2.05) is 6.07 Å². The summed E-state index contributed by atoms with van der Waals surface area (Å²) in [7, 11) is 0. The highest BCUT2D eigenvalue weighted by Crippen LogP contribution is 2.32. The predicted molar refractivity (Wildman–Crippen MR) is 185 cm³/mol. The lowest BCUT2D eigenvalue weighted by atomic mass is 9.91. The van der Waals surface area contributed by atoms with Crippen molar-refractivity contribution in [2.24, 2.45) is 0 Å². The molecule has 8 rings (SSSR count). The molecule has 5 heteroatoms. The number of halogens is 1. The summed E-state index contributed by atoms with van der Waals surface area (Å²) in [6, 6.07) is 36.7. The van der Waals surface area contributed by atoms with E-state index in [1.54, 1.807) is 5.56 Å². The van der Waals surface area contributed by atoms with Gasteiger partial charge in [0.2, 0.25) is 0 Å². The summed E-state index contributed by atoms with van der Waals surface area (Å²) in [4.78, 5) is 7.15. The van der Waals surface area contributed by atoms with Crippen molar-refractivity contribution in [1.29, 1.82) is 0 Å². The van der Waals surface area contributed by atoms with Crippen molar-refractivity contribution < 1.29 is 4.74 Å². The van der Waals surface area contributed by atoms with Gasteiger partial charge in [0.15, 0.2) is 0 Å². The highest BCUT2D eigenvalue weighted by Gasteiger charge is 2.22. The van der Waals surface area contributed by atoms with Gasteiger partial charge in [-0.15, -0.1) is 12.4 Å². The lowest BCUT2D eigenvalue weighted by molar-refractivity contribution is 0.306. The lowest BCUT2D eigenvalue weighted by Gasteiger charge is -2.24. The number of ether oxygens (including phenoxy) is 1. The molecule has 4 aromatic carbocycles. The summed E-state index contributed by atoms with van der Waals surface area (Å²) >= 11 is 0. The number of aromatic amines is 2. The SMILES string of the molecule is Cl.c1ccc(CCNC2CCc3[nH]c4ccc(OCc5ccccc5)cc4c3C2)cc1.c1ccc2c3c([nH]c2c1)CCCC3. The standard InChI is InChI=1S/C27H28N2O.C12H13N.ClH/c1-3-7-20(8-4-1)15-16-28-22-11-13-26-24(17-22)25-18-23(12-14-27(25)29-26)30-19-21-9-5-2-6-10-21;1-3-7-11-9(5-1)10-6-2-4-8-12(10)13-11;/h1-10,12,14,18,22,28-29H,11,13,15-17,19H2;1,3,5,7,13H,2,4,6,8H2;1H. The van der Waals surface area contributed by atoms with Crippen LogP contribution in [0.25, 0.3) is 21.8 Å².